The Balaban J connectivity index is 0.000000263. The number of pyridine rings is 2. The minimum Gasteiger partial charge on any atom is -0.494 e. The number of nitrogens with one attached hydrogen (secondary N) is 5. The van der Waals surface area contributed by atoms with Crippen LogP contribution in [0.4, 0.5) is 22.7 Å². The Labute approximate surface area is 344 Å². The van der Waals surface area contributed by atoms with Crippen LogP contribution in [0.2, 0.25) is 10.3 Å². The van der Waals surface area contributed by atoms with Crippen molar-refractivity contribution in [2.75, 3.05) is 60.3 Å². The Morgan fingerprint density at radius 3 is 1.57 bits per heavy atom. The molecule has 0 aliphatic carbocycles. The van der Waals surface area contributed by atoms with Gasteiger partial charge in [0.25, 0.3) is 29.6 Å². The van der Waals surface area contributed by atoms with Crippen LogP contribution in [-0.2, 0) is 14.2 Å². The molecule has 0 saturated heterocycles. The summed E-state index contributed by atoms with van der Waals surface area (Å²) in [7, 11) is 10.6. The maximum Gasteiger partial charge on any atom is 0.279 e. The number of nitrogens with zero attached hydrogens (tertiary/aromatic N) is 4. The number of amides is 3. The van der Waals surface area contributed by atoms with Crippen LogP contribution in [0.25, 0.3) is 11.5 Å². The van der Waals surface area contributed by atoms with E-state index in [0.717, 1.165) is 0 Å². The molecule has 0 bridgehead atoms. The van der Waals surface area contributed by atoms with Gasteiger partial charge >= 0.3 is 0 Å². The Morgan fingerprint density at radius 1 is 0.690 bits per heavy atom. The first-order valence-corrected chi connectivity index (χ1v) is 17.6. The number of ether oxygens (including phenoxy) is 5. The number of hydrogen-bond acceptors (Lipinski definition) is 16. The van der Waals surface area contributed by atoms with Crippen molar-refractivity contribution in [3.8, 4) is 23.0 Å². The van der Waals surface area contributed by atoms with E-state index in [1.165, 1.54) is 61.1 Å². The first-order valence-electron chi connectivity index (χ1n) is 16.8. The van der Waals surface area contributed by atoms with Crippen LogP contribution in [0.5, 0.6) is 11.5 Å². The zero-order valence-corrected chi connectivity index (χ0v) is 34.6. The van der Waals surface area contributed by atoms with Gasteiger partial charge in [-0.2, -0.15) is 0 Å². The van der Waals surface area contributed by atoms with Gasteiger partial charge in [-0.1, -0.05) is 35.3 Å². The van der Waals surface area contributed by atoms with Crippen LogP contribution in [0.3, 0.4) is 0 Å². The average Bonchev–Trinajstić information content (AvgIpc) is 3.68. The maximum atomic E-state index is 12.1. The number of nitrogen functional groups attached to an aromatic ring is 1. The number of rotatable bonds is 13. The van der Waals surface area contributed by atoms with E-state index >= 15 is 0 Å². The van der Waals surface area contributed by atoms with Gasteiger partial charge in [0.05, 0.1) is 59.2 Å². The van der Waals surface area contributed by atoms with Gasteiger partial charge in [0.1, 0.15) is 10.3 Å². The van der Waals surface area contributed by atoms with Crippen LogP contribution >= 0.6 is 23.2 Å². The molecule has 5 aromatic rings. The van der Waals surface area contributed by atoms with Crippen LogP contribution in [0.1, 0.15) is 43.9 Å². The zero-order chi connectivity index (χ0) is 43.0. The quantitative estimate of drug-likeness (QED) is 0.0291. The molecule has 0 fully saturated rings. The van der Waals surface area contributed by atoms with Crippen molar-refractivity contribution in [3.63, 3.8) is 0 Å². The van der Waals surface area contributed by atoms with Crippen molar-refractivity contribution in [3.05, 3.63) is 93.8 Å². The predicted octanol–water partition coefficient (Wildman–Crippen LogP) is 5.25. The number of aryl methyl sites for hydroxylation is 1. The second kappa shape index (κ2) is 22.0. The maximum absolute atomic E-state index is 12.1. The highest BCUT2D eigenvalue weighted by atomic mass is 35.5. The first-order chi connectivity index (χ1) is 27.7. The fourth-order valence-electron chi connectivity index (χ4n) is 4.78. The Kier molecular flexibility index (Phi) is 17.6. The smallest absolute Gasteiger partial charge is 0.279 e. The summed E-state index contributed by atoms with van der Waals surface area (Å²) < 4.78 is 30.7. The minimum absolute atomic E-state index is 0.208. The van der Waals surface area contributed by atoms with E-state index in [2.05, 4.69) is 46.9 Å². The van der Waals surface area contributed by atoms with Gasteiger partial charge < -0.3 is 49.4 Å². The molecule has 3 aromatic heterocycles. The Hall–Kier alpha value is -6.09. The van der Waals surface area contributed by atoms with E-state index in [0.29, 0.717) is 51.4 Å². The number of para-hydroxylation sites is 2. The molecule has 58 heavy (non-hydrogen) atoms. The van der Waals surface area contributed by atoms with Gasteiger partial charge in [-0.3, -0.25) is 19.8 Å². The highest BCUT2D eigenvalue weighted by molar-refractivity contribution is 6.30. The predicted molar refractivity (Wildman–Crippen MR) is 217 cm³/mol. The number of hydrazine groups is 1. The monoisotopic (exact) mass is 842 g/mol. The van der Waals surface area contributed by atoms with Crippen molar-refractivity contribution in [2.24, 2.45) is 5.84 Å². The second-order valence-electron chi connectivity index (χ2n) is 11.4. The van der Waals surface area contributed by atoms with Gasteiger partial charge in [-0.15, -0.1) is 10.2 Å². The summed E-state index contributed by atoms with van der Waals surface area (Å²) in [5.41, 5.74) is 5.53. The van der Waals surface area contributed by atoms with Crippen molar-refractivity contribution in [1.29, 1.82) is 0 Å². The highest BCUT2D eigenvalue weighted by Crippen LogP contribution is 2.38. The van der Waals surface area contributed by atoms with Crippen LogP contribution < -0.4 is 42.0 Å². The van der Waals surface area contributed by atoms with Crippen molar-refractivity contribution < 1.29 is 42.5 Å². The van der Waals surface area contributed by atoms with Crippen LogP contribution in [-0.4, -0.2) is 93.5 Å². The second-order valence-corrected chi connectivity index (χ2v) is 12.1. The normalized spacial score (nSPS) is 10.5. The largest absolute Gasteiger partial charge is 0.494 e. The van der Waals surface area contributed by atoms with E-state index in [9.17, 15) is 14.4 Å². The van der Waals surface area contributed by atoms with E-state index in [-0.39, 0.29) is 39.0 Å². The van der Waals surface area contributed by atoms with E-state index in [4.69, 9.17) is 57.1 Å². The molecule has 0 spiro atoms. The van der Waals surface area contributed by atoms with Gasteiger partial charge in [0.2, 0.25) is 5.89 Å². The van der Waals surface area contributed by atoms with E-state index in [1.54, 1.807) is 57.3 Å². The Bertz CT molecular complexity index is 2180. The molecule has 21 heteroatoms. The molecule has 0 aliphatic heterocycles. The number of anilines is 4. The number of hydrogen-bond donors (Lipinski definition) is 6. The topological polar surface area (TPSA) is 248 Å². The molecule has 0 saturated carbocycles. The third-order valence-electron chi connectivity index (χ3n) is 7.91. The molecule has 0 unspecified atom stereocenters. The number of nitrogens with two attached hydrogens (primary N) is 1. The molecular weight excluding hydrogens is 799 g/mol. The summed E-state index contributed by atoms with van der Waals surface area (Å²) in [6.07, 6.45) is 2.76. The molecule has 310 valence electrons. The summed E-state index contributed by atoms with van der Waals surface area (Å²) in [6.45, 7) is 3.40. The zero-order valence-electron chi connectivity index (χ0n) is 33.1. The molecule has 0 radical (unpaired) electrons. The molecule has 3 amide bonds. The number of carbonyl (C=O) groups is 3. The molecular formula is C37H44Cl2N10O9. The van der Waals surface area contributed by atoms with Crippen LogP contribution in [0.15, 0.2) is 65.3 Å². The molecule has 5 rings (SSSR count). The summed E-state index contributed by atoms with van der Waals surface area (Å²) >= 11 is 11.9. The molecule has 2 aromatic carbocycles. The van der Waals surface area contributed by atoms with Crippen molar-refractivity contribution in [2.45, 2.75) is 19.8 Å². The summed E-state index contributed by atoms with van der Waals surface area (Å²) in [4.78, 5) is 43.7. The average molecular weight is 844 g/mol. The lowest BCUT2D eigenvalue weighted by molar-refractivity contribution is -0.340. The van der Waals surface area contributed by atoms with Gasteiger partial charge in [-0.25, -0.2) is 15.8 Å². The lowest BCUT2D eigenvalue weighted by atomic mass is 10.1. The Morgan fingerprint density at radius 2 is 1.17 bits per heavy atom. The number of benzene rings is 2. The SMILES string of the molecule is CNC(=O)c1cnc(Cl)cc1Nc1cccc(-c2nnc(C)o2)c1OC.CNC(=O)c1cnc(Cl)cc1Nc1cccc(C(=O)NN)c1OC.COC(C)(OC)OC. The molecule has 19 nitrogen and oxygen atoms in total. The number of methoxy groups -OCH3 is 5. The lowest BCUT2D eigenvalue weighted by Gasteiger charge is -2.23. The molecule has 3 heterocycles. The van der Waals surface area contributed by atoms with E-state index in [1.807, 2.05) is 6.07 Å². The minimum atomic E-state index is -0.875. The molecule has 0 aliphatic rings. The lowest BCUT2D eigenvalue weighted by Crippen LogP contribution is -2.31. The fourth-order valence-corrected chi connectivity index (χ4v) is 5.09. The highest BCUT2D eigenvalue weighted by Gasteiger charge is 2.21. The standard InChI is InChI=1S/C17H16ClN5O3.C15H16ClN5O3.C5H12O3/c1-9-22-23-17(26-9)10-5-4-6-12(15(10)25-3)21-13-7-14(18)20-8-11(13)16(24)19-2;1-18-14(22)9-7-19-12(16)6-11(9)20-10-5-3-4-8(13(10)24-2)15(23)21-17;1-5(6-2,7-3)8-4/h4-8H,1-3H3,(H,19,24)(H,20,21);3-7H,17H2,1-2H3,(H,18,22)(H,19,20)(H,21,23);1-4H3. The van der Waals surface area contributed by atoms with Crippen LogP contribution in [0, 0.1) is 6.92 Å². The molecule has 0 atom stereocenters. The number of carbonyl (C=O) groups excluding carboxylic acids is 3. The fraction of sp³-hybridized carbons (Fsp3) is 0.270. The van der Waals surface area contributed by atoms with Gasteiger partial charge in [-0.05, 0) is 36.4 Å². The number of aromatic nitrogens is 4. The number of halogens is 2. The summed E-state index contributed by atoms with van der Waals surface area (Å²) in [5.74, 6) is 4.72. The van der Waals surface area contributed by atoms with E-state index < -0.39 is 11.9 Å². The summed E-state index contributed by atoms with van der Waals surface area (Å²) in [5, 5.41) is 19.6. The third-order valence-corrected chi connectivity index (χ3v) is 8.32. The van der Waals surface area contributed by atoms with Gasteiger partial charge in [0.15, 0.2) is 11.5 Å². The first kappa shape index (κ1) is 46.3. The van der Waals surface area contributed by atoms with Crippen molar-refractivity contribution in [1.82, 2.24) is 36.2 Å². The van der Waals surface area contributed by atoms with Gasteiger partial charge in [0, 0.05) is 61.7 Å². The summed E-state index contributed by atoms with van der Waals surface area (Å²) in [6, 6.07) is 13.4. The third kappa shape index (κ3) is 12.0. The van der Waals surface area contributed by atoms with Crippen molar-refractivity contribution >= 4 is 63.7 Å². The molecule has 7 N–H and O–H groups in total.